The maximum atomic E-state index is 11.8. The van der Waals surface area contributed by atoms with E-state index < -0.39 is 0 Å². The van der Waals surface area contributed by atoms with E-state index in [9.17, 15) is 9.90 Å². The molecular weight excluding hydrogens is 623 g/mol. The Morgan fingerprint density at radius 2 is 1.61 bits per heavy atom. The number of halogens is 2. The van der Waals surface area contributed by atoms with Gasteiger partial charge in [-0.05, 0) is 42.5 Å². The van der Waals surface area contributed by atoms with E-state index in [1.54, 1.807) is 27.3 Å². The number of benzene rings is 3. The van der Waals surface area contributed by atoms with Crippen molar-refractivity contribution < 1.29 is 19.4 Å². The molecule has 1 atom stereocenters. The van der Waals surface area contributed by atoms with Crippen molar-refractivity contribution >= 4 is 29.0 Å². The second-order valence-electron chi connectivity index (χ2n) is 12.5. The van der Waals surface area contributed by atoms with E-state index >= 15 is 0 Å². The molecule has 8 nitrogen and oxygen atoms in total. The molecule has 0 bridgehead atoms. The van der Waals surface area contributed by atoms with E-state index in [1.165, 1.54) is 11.1 Å². The summed E-state index contributed by atoms with van der Waals surface area (Å²) >= 11 is 14.3. The summed E-state index contributed by atoms with van der Waals surface area (Å²) < 4.78 is 11.5. The highest BCUT2D eigenvalue weighted by Crippen LogP contribution is 2.45. The summed E-state index contributed by atoms with van der Waals surface area (Å²) in [5, 5.41) is 10.8. The Labute approximate surface area is 278 Å². The molecule has 10 heteroatoms. The number of carbonyl (C=O) groups is 1. The maximum absolute atomic E-state index is 11.8. The first-order valence-corrected chi connectivity index (χ1v) is 16.3. The minimum Gasteiger partial charge on any atom is -0.496 e. The second-order valence-corrected chi connectivity index (χ2v) is 13.3. The first-order chi connectivity index (χ1) is 22.2. The predicted octanol–water partition coefficient (Wildman–Crippen LogP) is 5.97. The molecule has 2 fully saturated rings. The highest BCUT2D eigenvalue weighted by Gasteiger charge is 2.38. The average molecular weight is 660 g/mol. The Bertz CT molecular complexity index is 1820. The van der Waals surface area contributed by atoms with Crippen LogP contribution < -0.4 is 9.47 Å². The van der Waals surface area contributed by atoms with Crippen molar-refractivity contribution in [1.29, 1.82) is 0 Å². The van der Waals surface area contributed by atoms with Crippen molar-refractivity contribution in [1.82, 2.24) is 19.8 Å². The smallest absolute Gasteiger partial charge is 0.237 e. The molecule has 1 aromatic heterocycles. The number of hydrogen-bond acceptors (Lipinski definition) is 8. The fourth-order valence-electron chi connectivity index (χ4n) is 6.93. The average Bonchev–Trinajstić information content (AvgIpc) is 3.43. The Morgan fingerprint density at radius 1 is 0.935 bits per heavy atom. The van der Waals surface area contributed by atoms with Crippen molar-refractivity contribution in [2.45, 2.75) is 38.5 Å². The zero-order valence-electron chi connectivity index (χ0n) is 26.1. The van der Waals surface area contributed by atoms with Gasteiger partial charge in [0.2, 0.25) is 5.88 Å². The van der Waals surface area contributed by atoms with Crippen molar-refractivity contribution in [3.05, 3.63) is 81.6 Å². The third-order valence-corrected chi connectivity index (χ3v) is 10.4. The van der Waals surface area contributed by atoms with Gasteiger partial charge in [0.1, 0.15) is 17.2 Å². The number of hydrogen-bond donors (Lipinski definition) is 1. The summed E-state index contributed by atoms with van der Waals surface area (Å²) in [6.45, 7) is 5.14. The highest BCUT2D eigenvalue weighted by molar-refractivity contribution is 6.39. The molecule has 4 aromatic rings. The fraction of sp³-hybridized carbons (Fsp3) is 0.361. The van der Waals surface area contributed by atoms with Crippen LogP contribution in [0.1, 0.15) is 23.7 Å². The van der Waals surface area contributed by atoms with Crippen LogP contribution in [0.5, 0.6) is 11.6 Å². The predicted molar refractivity (Wildman–Crippen MR) is 180 cm³/mol. The first-order valence-electron chi connectivity index (χ1n) is 15.6. The number of aromatic nitrogens is 2. The van der Waals surface area contributed by atoms with Crippen LogP contribution >= 0.6 is 23.2 Å². The molecular formula is C36H36Cl2N4O4. The van der Waals surface area contributed by atoms with Gasteiger partial charge in [-0.3, -0.25) is 19.6 Å². The van der Waals surface area contributed by atoms with Gasteiger partial charge >= 0.3 is 0 Å². The molecule has 2 saturated heterocycles. The quantitative estimate of drug-likeness (QED) is 0.236. The minimum absolute atomic E-state index is 0.160. The number of rotatable bonds is 9. The van der Waals surface area contributed by atoms with Crippen LogP contribution in [0.4, 0.5) is 0 Å². The van der Waals surface area contributed by atoms with Crippen LogP contribution in [-0.4, -0.2) is 83.2 Å². The lowest BCUT2D eigenvalue weighted by Crippen LogP contribution is -2.54. The summed E-state index contributed by atoms with van der Waals surface area (Å²) in [5.74, 6) is 1.73. The fourth-order valence-corrected chi connectivity index (χ4v) is 7.59. The topological polar surface area (TPSA) is 88.0 Å². The van der Waals surface area contributed by atoms with Crippen LogP contribution in [0.25, 0.3) is 33.5 Å². The van der Waals surface area contributed by atoms with Gasteiger partial charge in [0.15, 0.2) is 0 Å². The number of β-amino-alcohol motifs (C(OH)–C–C–N with tert-alkyl or cyclic N) is 1. The van der Waals surface area contributed by atoms with E-state index in [0.29, 0.717) is 53.0 Å². The number of likely N-dealkylation sites (tertiary alicyclic amines) is 2. The molecule has 1 aliphatic carbocycles. The minimum atomic E-state index is -0.292. The normalized spacial score (nSPS) is 18.6. The third kappa shape index (κ3) is 5.67. The molecule has 0 unspecified atom stereocenters. The molecule has 0 saturated carbocycles. The molecule has 238 valence electrons. The Balaban J connectivity index is 1.18. The van der Waals surface area contributed by atoms with Gasteiger partial charge in [-0.2, -0.15) is 0 Å². The lowest BCUT2D eigenvalue weighted by Gasteiger charge is -2.42. The summed E-state index contributed by atoms with van der Waals surface area (Å²) in [5.41, 5.74) is 8.00. The van der Waals surface area contributed by atoms with Crippen molar-refractivity contribution in [2.75, 3.05) is 40.4 Å². The molecule has 1 N–H and O–H groups in total. The molecule has 0 amide bonds. The van der Waals surface area contributed by atoms with Crippen molar-refractivity contribution in [3.63, 3.8) is 0 Å². The van der Waals surface area contributed by atoms with Crippen LogP contribution in [0.15, 0.2) is 54.7 Å². The number of ether oxygens (including phenoxy) is 2. The zero-order valence-corrected chi connectivity index (χ0v) is 27.6. The third-order valence-electron chi connectivity index (χ3n) is 9.61. The molecule has 0 radical (unpaired) electrons. The summed E-state index contributed by atoms with van der Waals surface area (Å²) in [4.78, 5) is 25.7. The highest BCUT2D eigenvalue weighted by atomic mass is 35.5. The van der Waals surface area contributed by atoms with E-state index in [0.717, 1.165) is 59.5 Å². The molecule has 3 aromatic carbocycles. The van der Waals surface area contributed by atoms with Gasteiger partial charge < -0.3 is 14.6 Å². The number of fused-ring (bicyclic) bond motifs is 1. The lowest BCUT2D eigenvalue weighted by molar-refractivity contribution is -0.126. The maximum Gasteiger partial charge on any atom is 0.237 e. The van der Waals surface area contributed by atoms with Crippen molar-refractivity contribution in [2.24, 2.45) is 5.92 Å². The number of nitrogens with zero attached hydrogens (tertiary/aromatic N) is 4. The zero-order chi connectivity index (χ0) is 32.1. The number of ketones is 1. The van der Waals surface area contributed by atoms with E-state index in [4.69, 9.17) is 37.7 Å². The molecule has 3 heterocycles. The van der Waals surface area contributed by atoms with Gasteiger partial charge in [-0.25, -0.2) is 4.98 Å². The molecule has 2 aliphatic heterocycles. The number of methoxy groups -OCH3 is 2. The number of aliphatic hydroxyl groups excluding tert-OH is 1. The van der Waals surface area contributed by atoms with Crippen LogP contribution in [-0.2, 0) is 24.2 Å². The second kappa shape index (κ2) is 12.6. The van der Waals surface area contributed by atoms with Crippen LogP contribution in [0.3, 0.4) is 0 Å². The monoisotopic (exact) mass is 658 g/mol. The van der Waals surface area contributed by atoms with E-state index in [1.807, 2.05) is 36.4 Å². The van der Waals surface area contributed by atoms with Gasteiger partial charge in [0, 0.05) is 66.9 Å². The molecule has 3 aliphatic rings. The SMILES string of the molecule is COc1cc(-c2cccc(-c3cccc(-c4cnc(CN5CC(O)C5)c(OC)n4)c3Cl)c2Cl)cc2c1C[C@@H](N1CC(C(C)=O)C1)C2. The lowest BCUT2D eigenvalue weighted by atomic mass is 9.93. The van der Waals surface area contributed by atoms with Gasteiger partial charge in [-0.1, -0.05) is 65.7 Å². The number of aliphatic hydroxyl groups is 1. The number of Topliss-reactive ketones (excluding diaryl/α,β-unsaturated/α-hetero) is 1. The summed E-state index contributed by atoms with van der Waals surface area (Å²) in [6.07, 6.45) is 3.25. The van der Waals surface area contributed by atoms with Crippen LogP contribution in [0, 0.1) is 5.92 Å². The standard InChI is InChI=1S/C36H36Cl2N4O4/c1-20(43)23-15-42(16-23)24-11-21-10-22(12-33(45-2)30(21)13-24)26-6-4-7-27(34(26)37)28-8-5-9-29(35(28)38)31-14-39-32(36(40-31)46-3)19-41-17-25(44)18-41/h4-10,12,14,23-25,44H,11,13,15-19H2,1-3H3/t24-/m0/s1. The summed E-state index contributed by atoms with van der Waals surface area (Å²) in [6, 6.07) is 16.5. The molecule has 0 spiro atoms. The summed E-state index contributed by atoms with van der Waals surface area (Å²) in [7, 11) is 3.29. The van der Waals surface area contributed by atoms with Crippen LogP contribution in [0.2, 0.25) is 10.0 Å². The number of carbonyl (C=O) groups excluding carboxylic acids is 1. The van der Waals surface area contributed by atoms with E-state index in [-0.39, 0.29) is 17.8 Å². The van der Waals surface area contributed by atoms with Gasteiger partial charge in [0.05, 0.1) is 42.3 Å². The Morgan fingerprint density at radius 3 is 2.26 bits per heavy atom. The molecule has 46 heavy (non-hydrogen) atoms. The largest absolute Gasteiger partial charge is 0.496 e. The first kappa shape index (κ1) is 31.1. The molecule has 7 rings (SSSR count). The van der Waals surface area contributed by atoms with E-state index in [2.05, 4.69) is 26.9 Å². The van der Waals surface area contributed by atoms with Gasteiger partial charge in [-0.15, -0.1) is 0 Å². The van der Waals surface area contributed by atoms with Crippen molar-refractivity contribution in [3.8, 4) is 45.1 Å². The Hall–Kier alpha value is -3.53. The Kier molecular flexibility index (Phi) is 8.50. The van der Waals surface area contributed by atoms with Gasteiger partial charge in [0.25, 0.3) is 0 Å².